The van der Waals surface area contributed by atoms with Crippen LogP contribution in [-0.2, 0) is 6.61 Å². The van der Waals surface area contributed by atoms with Crippen LogP contribution in [0.2, 0.25) is 0 Å². The lowest BCUT2D eigenvalue weighted by molar-refractivity contribution is 0.112. The number of nitrogens with zero attached hydrogens (tertiary/aromatic N) is 2. The van der Waals surface area contributed by atoms with Crippen LogP contribution >= 0.6 is 11.3 Å². The fourth-order valence-corrected chi connectivity index (χ4v) is 2.47. The SMILES string of the molecule is O=Cc1ccc(Nc2nnc(COc3ccccc3)s2)cc1. The van der Waals surface area contributed by atoms with E-state index < -0.39 is 0 Å². The van der Waals surface area contributed by atoms with E-state index in [1.165, 1.54) is 11.3 Å². The molecular weight excluding hydrogens is 298 g/mol. The molecule has 0 bridgehead atoms. The molecule has 0 unspecified atom stereocenters. The molecule has 0 saturated carbocycles. The molecule has 0 aliphatic rings. The van der Waals surface area contributed by atoms with Crippen LogP contribution in [0.5, 0.6) is 5.75 Å². The maximum absolute atomic E-state index is 10.6. The number of anilines is 2. The number of carbonyl (C=O) groups excluding carboxylic acids is 1. The molecule has 2 aromatic carbocycles. The molecule has 0 fully saturated rings. The van der Waals surface area contributed by atoms with Gasteiger partial charge in [-0.1, -0.05) is 29.5 Å². The summed E-state index contributed by atoms with van der Waals surface area (Å²) in [7, 11) is 0. The topological polar surface area (TPSA) is 64.1 Å². The summed E-state index contributed by atoms with van der Waals surface area (Å²) in [5.74, 6) is 0.802. The number of carbonyl (C=O) groups is 1. The van der Waals surface area contributed by atoms with Crippen molar-refractivity contribution in [3.05, 3.63) is 65.2 Å². The standard InChI is InChI=1S/C16H13N3O2S/c20-10-12-6-8-13(9-7-12)17-16-19-18-15(22-16)11-21-14-4-2-1-3-5-14/h1-10H,11H2,(H,17,19). The van der Waals surface area contributed by atoms with Crippen molar-refractivity contribution in [2.24, 2.45) is 0 Å². The largest absolute Gasteiger partial charge is 0.486 e. The Morgan fingerprint density at radius 3 is 2.55 bits per heavy atom. The van der Waals surface area contributed by atoms with Crippen LogP contribution < -0.4 is 10.1 Å². The summed E-state index contributed by atoms with van der Waals surface area (Å²) in [6, 6.07) is 16.7. The zero-order valence-electron chi connectivity index (χ0n) is 11.6. The minimum atomic E-state index is 0.382. The predicted octanol–water partition coefficient (Wildman–Crippen LogP) is 3.67. The van der Waals surface area contributed by atoms with Gasteiger partial charge in [0.2, 0.25) is 5.13 Å². The molecule has 3 aromatic rings. The molecule has 6 heteroatoms. The summed E-state index contributed by atoms with van der Waals surface area (Å²) in [6.45, 7) is 0.382. The first-order valence-corrected chi connectivity index (χ1v) is 7.47. The highest BCUT2D eigenvalue weighted by molar-refractivity contribution is 7.15. The third-order valence-corrected chi connectivity index (χ3v) is 3.68. The van der Waals surface area contributed by atoms with Crippen molar-refractivity contribution >= 4 is 28.4 Å². The maximum atomic E-state index is 10.6. The van der Waals surface area contributed by atoms with Crippen LogP contribution in [0.25, 0.3) is 0 Å². The summed E-state index contributed by atoms with van der Waals surface area (Å²) in [5, 5.41) is 12.8. The fourth-order valence-electron chi connectivity index (χ4n) is 1.79. The van der Waals surface area contributed by atoms with Crippen molar-refractivity contribution < 1.29 is 9.53 Å². The number of benzene rings is 2. The van der Waals surface area contributed by atoms with Gasteiger partial charge < -0.3 is 10.1 Å². The van der Waals surface area contributed by atoms with Crippen molar-refractivity contribution in [3.63, 3.8) is 0 Å². The van der Waals surface area contributed by atoms with Crippen LogP contribution in [0.4, 0.5) is 10.8 Å². The van der Waals surface area contributed by atoms with Gasteiger partial charge >= 0.3 is 0 Å². The zero-order valence-corrected chi connectivity index (χ0v) is 12.4. The number of rotatable bonds is 6. The van der Waals surface area contributed by atoms with Crippen LogP contribution in [0, 0.1) is 0 Å². The monoisotopic (exact) mass is 311 g/mol. The first-order valence-electron chi connectivity index (χ1n) is 6.66. The summed E-state index contributed by atoms with van der Waals surface area (Å²) >= 11 is 1.43. The smallest absolute Gasteiger partial charge is 0.210 e. The highest BCUT2D eigenvalue weighted by Gasteiger charge is 2.05. The molecule has 0 saturated heterocycles. The van der Waals surface area contributed by atoms with Gasteiger partial charge in [-0.05, 0) is 36.4 Å². The average Bonchev–Trinajstić information content (AvgIpc) is 3.02. The second-order valence-corrected chi connectivity index (χ2v) is 5.53. The van der Waals surface area contributed by atoms with Crippen LogP contribution in [0.1, 0.15) is 15.4 Å². The van der Waals surface area contributed by atoms with E-state index in [1.807, 2.05) is 42.5 Å². The van der Waals surface area contributed by atoms with Gasteiger partial charge in [0.25, 0.3) is 0 Å². The number of aromatic nitrogens is 2. The number of para-hydroxylation sites is 1. The lowest BCUT2D eigenvalue weighted by Crippen LogP contribution is -1.94. The van der Waals surface area contributed by atoms with E-state index in [4.69, 9.17) is 4.74 Å². The first-order chi connectivity index (χ1) is 10.8. The Balaban J connectivity index is 1.59. The van der Waals surface area contributed by atoms with Crippen molar-refractivity contribution in [2.45, 2.75) is 6.61 Å². The molecule has 0 atom stereocenters. The number of hydrogen-bond donors (Lipinski definition) is 1. The van der Waals surface area contributed by atoms with E-state index >= 15 is 0 Å². The summed E-state index contributed by atoms with van der Waals surface area (Å²) < 4.78 is 5.63. The molecule has 1 N–H and O–H groups in total. The van der Waals surface area contributed by atoms with Gasteiger partial charge in [-0.2, -0.15) is 0 Å². The number of ether oxygens (including phenoxy) is 1. The molecule has 1 aromatic heterocycles. The molecular formula is C16H13N3O2S. The summed E-state index contributed by atoms with van der Waals surface area (Å²) in [6.07, 6.45) is 0.813. The normalized spacial score (nSPS) is 10.2. The van der Waals surface area contributed by atoms with Gasteiger partial charge in [0.05, 0.1) is 0 Å². The molecule has 110 valence electrons. The van der Waals surface area contributed by atoms with Crippen LogP contribution in [0.3, 0.4) is 0 Å². The first kappa shape index (κ1) is 14.2. The number of aldehydes is 1. The van der Waals surface area contributed by atoms with Crippen molar-refractivity contribution in [3.8, 4) is 5.75 Å². The molecule has 3 rings (SSSR count). The Morgan fingerprint density at radius 1 is 1.05 bits per heavy atom. The highest BCUT2D eigenvalue weighted by atomic mass is 32.1. The highest BCUT2D eigenvalue weighted by Crippen LogP contribution is 2.22. The van der Waals surface area contributed by atoms with Gasteiger partial charge in [0.15, 0.2) is 5.01 Å². The Hall–Kier alpha value is -2.73. The molecule has 0 radical (unpaired) electrons. The van der Waals surface area contributed by atoms with E-state index in [2.05, 4.69) is 15.5 Å². The van der Waals surface area contributed by atoms with E-state index in [-0.39, 0.29) is 0 Å². The second kappa shape index (κ2) is 6.82. The van der Waals surface area contributed by atoms with Gasteiger partial charge in [-0.25, -0.2) is 0 Å². The summed E-state index contributed by atoms with van der Waals surface area (Å²) in [5.41, 5.74) is 1.50. The lowest BCUT2D eigenvalue weighted by atomic mass is 10.2. The minimum absolute atomic E-state index is 0.382. The Labute approximate surface area is 131 Å². The maximum Gasteiger partial charge on any atom is 0.210 e. The average molecular weight is 311 g/mol. The van der Waals surface area contributed by atoms with Crippen molar-refractivity contribution in [1.82, 2.24) is 10.2 Å². The van der Waals surface area contributed by atoms with Crippen LogP contribution in [0.15, 0.2) is 54.6 Å². The molecule has 0 amide bonds. The Kier molecular flexibility index (Phi) is 4.41. The molecule has 0 aliphatic heterocycles. The van der Waals surface area contributed by atoms with Gasteiger partial charge in [0.1, 0.15) is 18.6 Å². The van der Waals surface area contributed by atoms with Crippen molar-refractivity contribution in [1.29, 1.82) is 0 Å². The minimum Gasteiger partial charge on any atom is -0.486 e. The van der Waals surface area contributed by atoms with Gasteiger partial charge in [0, 0.05) is 11.3 Å². The molecule has 0 spiro atoms. The summed E-state index contributed by atoms with van der Waals surface area (Å²) in [4.78, 5) is 10.6. The third-order valence-electron chi connectivity index (χ3n) is 2.87. The number of hydrogen-bond acceptors (Lipinski definition) is 6. The van der Waals surface area contributed by atoms with Gasteiger partial charge in [-0.15, -0.1) is 10.2 Å². The van der Waals surface area contributed by atoms with Crippen molar-refractivity contribution in [2.75, 3.05) is 5.32 Å². The third kappa shape index (κ3) is 3.67. The number of nitrogens with one attached hydrogen (secondary N) is 1. The fraction of sp³-hybridized carbons (Fsp3) is 0.0625. The van der Waals surface area contributed by atoms with Crippen LogP contribution in [-0.4, -0.2) is 16.5 Å². The van der Waals surface area contributed by atoms with Gasteiger partial charge in [-0.3, -0.25) is 4.79 Å². The Morgan fingerprint density at radius 2 is 1.82 bits per heavy atom. The van der Waals surface area contributed by atoms with E-state index in [1.54, 1.807) is 12.1 Å². The van der Waals surface area contributed by atoms with E-state index in [9.17, 15) is 4.79 Å². The molecule has 5 nitrogen and oxygen atoms in total. The Bertz CT molecular complexity index is 742. The predicted molar refractivity (Wildman–Crippen MR) is 85.8 cm³/mol. The van der Waals surface area contributed by atoms with E-state index in [0.717, 1.165) is 22.7 Å². The zero-order chi connectivity index (χ0) is 15.2. The second-order valence-electron chi connectivity index (χ2n) is 4.47. The molecule has 0 aliphatic carbocycles. The quantitative estimate of drug-likeness (QED) is 0.704. The van der Waals surface area contributed by atoms with E-state index in [0.29, 0.717) is 17.3 Å². The lowest BCUT2D eigenvalue weighted by Gasteiger charge is -2.02. The molecule has 22 heavy (non-hydrogen) atoms. The molecule has 1 heterocycles.